The van der Waals surface area contributed by atoms with Crippen LogP contribution in [0.1, 0.15) is 0 Å². The number of para-hydroxylation sites is 1. The van der Waals surface area contributed by atoms with Gasteiger partial charge in [0.05, 0.1) is 0 Å². The second-order valence-corrected chi connectivity index (χ2v) is 3.01. The molecule has 1 rings (SSSR count). The third-order valence-electron chi connectivity index (χ3n) is 1.26. The molecule has 0 saturated carbocycles. The van der Waals surface area contributed by atoms with Crippen LogP contribution in [-0.2, 0) is 4.79 Å². The van der Waals surface area contributed by atoms with Crippen molar-refractivity contribution < 1.29 is 9.53 Å². The molecule has 0 N–H and O–H groups in total. The number of thioether (sulfide) groups is 1. The Bertz CT molecular complexity index is 318. The molecule has 0 aromatic heterocycles. The first-order valence-electron chi connectivity index (χ1n) is 3.59. The summed E-state index contributed by atoms with van der Waals surface area (Å²) < 4.78 is 5.10. The van der Waals surface area contributed by atoms with Crippen molar-refractivity contribution >= 4 is 16.9 Å². The molecule has 0 spiro atoms. The van der Waals surface area contributed by atoms with Crippen molar-refractivity contribution in [3.8, 4) is 11.2 Å². The standard InChI is InChI=1S/C9H7NO2S/c10-7-13-9(11)6-12-8-4-2-1-3-5-8/h1-5H,6H2. The van der Waals surface area contributed by atoms with Gasteiger partial charge in [-0.05, 0) is 12.1 Å². The molecular formula is C9H7NO2S. The topological polar surface area (TPSA) is 50.1 Å². The van der Waals surface area contributed by atoms with Gasteiger partial charge in [-0.2, -0.15) is 5.26 Å². The van der Waals surface area contributed by atoms with Crippen molar-refractivity contribution in [1.82, 2.24) is 0 Å². The number of nitrogens with zero attached hydrogens (tertiary/aromatic N) is 1. The summed E-state index contributed by atoms with van der Waals surface area (Å²) >= 11 is 0.592. The molecule has 0 aliphatic carbocycles. The van der Waals surface area contributed by atoms with E-state index >= 15 is 0 Å². The fourth-order valence-electron chi connectivity index (χ4n) is 0.739. The van der Waals surface area contributed by atoms with Crippen LogP contribution in [0, 0.1) is 10.7 Å². The number of carbonyl (C=O) groups is 1. The molecule has 1 aromatic rings. The molecule has 0 bridgehead atoms. The van der Waals surface area contributed by atoms with Crippen molar-refractivity contribution in [2.24, 2.45) is 0 Å². The van der Waals surface area contributed by atoms with E-state index in [1.54, 1.807) is 17.5 Å². The molecule has 0 fully saturated rings. The number of ether oxygens (including phenoxy) is 1. The maximum atomic E-state index is 10.8. The van der Waals surface area contributed by atoms with Crippen molar-refractivity contribution in [3.05, 3.63) is 30.3 Å². The molecule has 13 heavy (non-hydrogen) atoms. The normalized spacial score (nSPS) is 8.85. The van der Waals surface area contributed by atoms with E-state index in [9.17, 15) is 4.79 Å². The van der Waals surface area contributed by atoms with Gasteiger partial charge < -0.3 is 4.74 Å². The van der Waals surface area contributed by atoms with Crippen molar-refractivity contribution in [2.75, 3.05) is 6.61 Å². The van der Waals surface area contributed by atoms with Gasteiger partial charge in [0.15, 0.2) is 6.61 Å². The molecule has 0 aliphatic rings. The van der Waals surface area contributed by atoms with Gasteiger partial charge in [-0.3, -0.25) is 4.79 Å². The molecule has 3 nitrogen and oxygen atoms in total. The number of nitriles is 1. The van der Waals surface area contributed by atoms with E-state index in [-0.39, 0.29) is 11.7 Å². The van der Waals surface area contributed by atoms with Gasteiger partial charge in [-0.15, -0.1) is 0 Å². The van der Waals surface area contributed by atoms with Crippen molar-refractivity contribution in [3.63, 3.8) is 0 Å². The van der Waals surface area contributed by atoms with Crippen LogP contribution in [0.4, 0.5) is 0 Å². The van der Waals surface area contributed by atoms with Gasteiger partial charge in [0, 0.05) is 11.8 Å². The maximum Gasteiger partial charge on any atom is 0.240 e. The molecule has 66 valence electrons. The molecule has 0 amide bonds. The lowest BCUT2D eigenvalue weighted by Crippen LogP contribution is -2.06. The van der Waals surface area contributed by atoms with Crippen LogP contribution in [0.2, 0.25) is 0 Å². The molecule has 0 atom stereocenters. The first-order chi connectivity index (χ1) is 6.33. The third-order valence-corrected chi connectivity index (χ3v) is 1.70. The Morgan fingerprint density at radius 3 is 2.77 bits per heavy atom. The molecule has 0 aliphatic heterocycles. The number of thiocyanates is 1. The smallest absolute Gasteiger partial charge is 0.240 e. The van der Waals surface area contributed by atoms with Crippen molar-refractivity contribution in [2.45, 2.75) is 0 Å². The Labute approximate surface area is 80.3 Å². The van der Waals surface area contributed by atoms with Gasteiger partial charge in [-0.25, -0.2) is 0 Å². The summed E-state index contributed by atoms with van der Waals surface area (Å²) in [7, 11) is 0. The summed E-state index contributed by atoms with van der Waals surface area (Å²) in [5, 5.41) is 9.58. The number of benzene rings is 1. The number of hydrogen-bond acceptors (Lipinski definition) is 4. The second-order valence-electron chi connectivity index (χ2n) is 2.17. The first-order valence-corrected chi connectivity index (χ1v) is 4.41. The van der Waals surface area contributed by atoms with E-state index in [0.717, 1.165) is 0 Å². The first kappa shape index (κ1) is 9.62. The quantitative estimate of drug-likeness (QED) is 0.687. The summed E-state index contributed by atoms with van der Waals surface area (Å²) in [6.07, 6.45) is 0. The highest BCUT2D eigenvalue weighted by Crippen LogP contribution is 2.09. The second kappa shape index (κ2) is 5.22. The molecule has 0 saturated heterocycles. The van der Waals surface area contributed by atoms with E-state index < -0.39 is 0 Å². The van der Waals surface area contributed by atoms with Gasteiger partial charge in [-0.1, -0.05) is 18.2 Å². The molecule has 0 unspecified atom stereocenters. The lowest BCUT2D eigenvalue weighted by Gasteiger charge is -2.01. The summed E-state index contributed by atoms with van der Waals surface area (Å²) in [4.78, 5) is 10.8. The zero-order valence-electron chi connectivity index (χ0n) is 6.77. The molecular weight excluding hydrogens is 186 g/mol. The number of rotatable bonds is 3. The predicted octanol–water partition coefficient (Wildman–Crippen LogP) is 1.81. The SMILES string of the molecule is N#CSC(=O)COc1ccccc1. The van der Waals surface area contributed by atoms with Crippen LogP contribution < -0.4 is 4.74 Å². The fourth-order valence-corrected chi connectivity index (χ4v) is 0.959. The fraction of sp³-hybridized carbons (Fsp3) is 0.111. The minimum atomic E-state index is -0.286. The van der Waals surface area contributed by atoms with Gasteiger partial charge in [0.1, 0.15) is 11.2 Å². The van der Waals surface area contributed by atoms with Crippen LogP contribution in [0.5, 0.6) is 5.75 Å². The van der Waals surface area contributed by atoms with E-state index in [1.807, 2.05) is 18.2 Å². The minimum Gasteiger partial charge on any atom is -0.485 e. The Morgan fingerprint density at radius 1 is 1.46 bits per heavy atom. The van der Waals surface area contributed by atoms with E-state index in [4.69, 9.17) is 10.00 Å². The maximum absolute atomic E-state index is 10.8. The highest BCUT2D eigenvalue weighted by atomic mass is 32.2. The van der Waals surface area contributed by atoms with Crippen LogP contribution in [0.15, 0.2) is 30.3 Å². The highest BCUT2D eigenvalue weighted by Gasteiger charge is 2.02. The highest BCUT2D eigenvalue weighted by molar-refractivity contribution is 8.17. The molecule has 4 heteroatoms. The summed E-state index contributed by atoms with van der Waals surface area (Å²) in [5.41, 5.74) is 0. The predicted molar refractivity (Wildman–Crippen MR) is 50.1 cm³/mol. The molecule has 0 heterocycles. The average molecular weight is 193 g/mol. The Kier molecular flexibility index (Phi) is 3.86. The lowest BCUT2D eigenvalue weighted by molar-refractivity contribution is -0.112. The summed E-state index contributed by atoms with van der Waals surface area (Å²) in [5.74, 6) is 0.634. The monoisotopic (exact) mass is 193 g/mol. The summed E-state index contributed by atoms with van der Waals surface area (Å²) in [6.45, 7) is -0.0672. The van der Waals surface area contributed by atoms with E-state index in [1.165, 1.54) is 0 Å². The number of hydrogen-bond donors (Lipinski definition) is 0. The van der Waals surface area contributed by atoms with E-state index in [0.29, 0.717) is 17.5 Å². The van der Waals surface area contributed by atoms with Crippen LogP contribution in [0.25, 0.3) is 0 Å². The van der Waals surface area contributed by atoms with E-state index in [2.05, 4.69) is 0 Å². The Morgan fingerprint density at radius 2 is 2.15 bits per heavy atom. The summed E-state index contributed by atoms with van der Waals surface area (Å²) in [6, 6.07) is 9.00. The van der Waals surface area contributed by atoms with Crippen LogP contribution >= 0.6 is 11.8 Å². The lowest BCUT2D eigenvalue weighted by atomic mass is 10.3. The Balaban J connectivity index is 2.36. The zero-order chi connectivity index (χ0) is 9.52. The zero-order valence-corrected chi connectivity index (χ0v) is 7.58. The molecule has 0 radical (unpaired) electrons. The van der Waals surface area contributed by atoms with Gasteiger partial charge in [0.2, 0.25) is 5.12 Å². The van der Waals surface area contributed by atoms with Gasteiger partial charge >= 0.3 is 0 Å². The van der Waals surface area contributed by atoms with Crippen molar-refractivity contribution in [1.29, 1.82) is 5.26 Å². The van der Waals surface area contributed by atoms with Gasteiger partial charge in [0.25, 0.3) is 0 Å². The third kappa shape index (κ3) is 3.63. The average Bonchev–Trinajstić information content (AvgIpc) is 2.17. The van der Waals surface area contributed by atoms with Crippen LogP contribution in [0.3, 0.4) is 0 Å². The largest absolute Gasteiger partial charge is 0.485 e. The minimum absolute atomic E-state index is 0.0672. The molecule has 1 aromatic carbocycles. The van der Waals surface area contributed by atoms with Crippen LogP contribution in [-0.4, -0.2) is 11.7 Å². The number of carbonyl (C=O) groups excluding carboxylic acids is 1. The Hall–Kier alpha value is -1.47.